The van der Waals surface area contributed by atoms with Crippen molar-refractivity contribution in [3.63, 3.8) is 0 Å². The first-order chi connectivity index (χ1) is 13.1. The molecule has 28 heavy (non-hydrogen) atoms. The van der Waals surface area contributed by atoms with Crippen molar-refractivity contribution in [1.29, 1.82) is 0 Å². The Hall–Kier alpha value is -2.72. The molecule has 0 saturated carbocycles. The molecule has 10 heteroatoms. The molecular formula is C18H24N4O5S. The Morgan fingerprint density at radius 2 is 1.82 bits per heavy atom. The van der Waals surface area contributed by atoms with Gasteiger partial charge >= 0.3 is 5.97 Å². The maximum Gasteiger partial charge on any atom is 0.338 e. The second-order valence-corrected chi connectivity index (χ2v) is 8.00. The van der Waals surface area contributed by atoms with E-state index in [9.17, 15) is 18.0 Å². The van der Waals surface area contributed by atoms with Gasteiger partial charge in [0.1, 0.15) is 0 Å². The monoisotopic (exact) mass is 408 g/mol. The number of nitrogens with zero attached hydrogens (tertiary/aromatic N) is 2. The molecule has 1 atom stereocenters. The predicted molar refractivity (Wildman–Crippen MR) is 103 cm³/mol. The van der Waals surface area contributed by atoms with Gasteiger partial charge in [0.25, 0.3) is 5.91 Å². The van der Waals surface area contributed by atoms with E-state index in [-0.39, 0.29) is 17.0 Å². The number of ether oxygens (including phenoxy) is 1. The number of anilines is 1. The Morgan fingerprint density at radius 1 is 1.21 bits per heavy atom. The molecule has 1 aromatic carbocycles. The number of nitrogens with one attached hydrogen (secondary N) is 2. The predicted octanol–water partition coefficient (Wildman–Crippen LogP) is 1.52. The van der Waals surface area contributed by atoms with E-state index in [1.807, 2.05) is 6.92 Å². The lowest BCUT2D eigenvalue weighted by Crippen LogP contribution is -2.30. The molecule has 152 valence electrons. The average Bonchev–Trinajstić information content (AvgIpc) is 2.87. The summed E-state index contributed by atoms with van der Waals surface area (Å²) in [6, 6.07) is 5.29. The molecule has 0 bridgehead atoms. The number of aryl methyl sites for hydroxylation is 2. The second-order valence-electron chi connectivity index (χ2n) is 6.23. The zero-order chi connectivity index (χ0) is 21.1. The summed E-state index contributed by atoms with van der Waals surface area (Å²) < 4.78 is 33.0. The van der Waals surface area contributed by atoms with Gasteiger partial charge in [0.15, 0.2) is 6.10 Å². The third-order valence-corrected chi connectivity index (χ3v) is 5.71. The van der Waals surface area contributed by atoms with Crippen LogP contribution in [0.1, 0.15) is 35.6 Å². The highest BCUT2D eigenvalue weighted by Crippen LogP contribution is 2.19. The first-order valence-corrected chi connectivity index (χ1v) is 10.2. The summed E-state index contributed by atoms with van der Waals surface area (Å²) in [5, 5.41) is 6.92. The number of aromatic nitrogens is 2. The summed E-state index contributed by atoms with van der Waals surface area (Å²) in [5.41, 5.74) is 2.16. The summed E-state index contributed by atoms with van der Waals surface area (Å²) in [6.07, 6.45) is -1.04. The summed E-state index contributed by atoms with van der Waals surface area (Å²) in [4.78, 5) is 24.6. The van der Waals surface area contributed by atoms with Crippen molar-refractivity contribution < 1.29 is 22.7 Å². The molecular weight excluding hydrogens is 384 g/mol. The number of benzene rings is 1. The van der Waals surface area contributed by atoms with Crippen LogP contribution in [0.15, 0.2) is 29.2 Å². The molecule has 0 saturated heterocycles. The average molecular weight is 408 g/mol. The van der Waals surface area contributed by atoms with E-state index in [0.29, 0.717) is 11.4 Å². The molecule has 0 aliphatic rings. The number of carbonyl (C=O) groups excluding carboxylic acids is 2. The Kier molecular flexibility index (Phi) is 6.57. The minimum absolute atomic E-state index is 0.0409. The van der Waals surface area contributed by atoms with E-state index in [4.69, 9.17) is 4.74 Å². The second kappa shape index (κ2) is 8.53. The van der Waals surface area contributed by atoms with Crippen molar-refractivity contribution in [2.75, 3.05) is 11.9 Å². The van der Waals surface area contributed by atoms with E-state index in [0.717, 1.165) is 5.69 Å². The number of amides is 1. The van der Waals surface area contributed by atoms with Crippen molar-refractivity contribution in [3.05, 3.63) is 41.2 Å². The number of hydrogen-bond donors (Lipinski definition) is 2. The van der Waals surface area contributed by atoms with E-state index in [1.165, 1.54) is 31.2 Å². The van der Waals surface area contributed by atoms with Gasteiger partial charge in [-0.05, 0) is 45.0 Å². The van der Waals surface area contributed by atoms with Gasteiger partial charge in [0.2, 0.25) is 10.0 Å². The summed E-state index contributed by atoms with van der Waals surface area (Å²) in [5.74, 6) is -1.21. The zero-order valence-electron chi connectivity index (χ0n) is 16.4. The molecule has 0 aliphatic heterocycles. The van der Waals surface area contributed by atoms with E-state index < -0.39 is 28.0 Å². The Morgan fingerprint density at radius 3 is 2.32 bits per heavy atom. The van der Waals surface area contributed by atoms with Gasteiger partial charge < -0.3 is 10.1 Å². The number of hydrogen-bond acceptors (Lipinski definition) is 6. The first kappa shape index (κ1) is 21.6. The molecule has 1 aromatic heterocycles. The van der Waals surface area contributed by atoms with Crippen LogP contribution in [0.3, 0.4) is 0 Å². The SMILES string of the molecule is CCNS(=O)(=O)c1ccc(C(=O)O[C@@H](C)C(=O)Nc2c(C)nn(C)c2C)cc1. The third kappa shape index (κ3) is 4.76. The third-order valence-electron chi connectivity index (χ3n) is 4.14. The van der Waals surface area contributed by atoms with Crippen LogP contribution in [-0.2, 0) is 26.6 Å². The first-order valence-electron chi connectivity index (χ1n) is 8.68. The van der Waals surface area contributed by atoms with Crippen LogP contribution in [0.5, 0.6) is 0 Å². The van der Waals surface area contributed by atoms with Crippen molar-refractivity contribution in [2.24, 2.45) is 7.05 Å². The highest BCUT2D eigenvalue weighted by molar-refractivity contribution is 7.89. The van der Waals surface area contributed by atoms with E-state index in [2.05, 4.69) is 15.1 Å². The molecule has 0 aliphatic carbocycles. The standard InChI is InChI=1S/C18H24N4O5S/c1-6-19-28(25,26)15-9-7-14(8-10-15)18(24)27-13(4)17(23)20-16-11(2)21-22(5)12(16)3/h7-10,13,19H,6H2,1-5H3,(H,20,23)/t13-/m0/s1. The number of sulfonamides is 1. The molecule has 1 amide bonds. The van der Waals surface area contributed by atoms with Crippen molar-refractivity contribution in [1.82, 2.24) is 14.5 Å². The summed E-state index contributed by atoms with van der Waals surface area (Å²) >= 11 is 0. The molecule has 2 N–H and O–H groups in total. The lowest BCUT2D eigenvalue weighted by atomic mass is 10.2. The molecule has 9 nitrogen and oxygen atoms in total. The topological polar surface area (TPSA) is 119 Å². The highest BCUT2D eigenvalue weighted by Gasteiger charge is 2.22. The fraction of sp³-hybridized carbons (Fsp3) is 0.389. The minimum Gasteiger partial charge on any atom is -0.449 e. The highest BCUT2D eigenvalue weighted by atomic mass is 32.2. The Balaban J connectivity index is 2.04. The van der Waals surface area contributed by atoms with Gasteiger partial charge in [-0.3, -0.25) is 9.48 Å². The van der Waals surface area contributed by atoms with Crippen LogP contribution in [-0.4, -0.2) is 42.7 Å². The van der Waals surface area contributed by atoms with Gasteiger partial charge in [0.05, 0.1) is 27.5 Å². The molecule has 0 unspecified atom stereocenters. The molecule has 2 rings (SSSR count). The maximum absolute atomic E-state index is 12.3. The van der Waals surface area contributed by atoms with Crippen LogP contribution in [0, 0.1) is 13.8 Å². The molecule has 2 aromatic rings. The van der Waals surface area contributed by atoms with Gasteiger partial charge in [-0.15, -0.1) is 0 Å². The molecule has 0 radical (unpaired) electrons. The quantitative estimate of drug-likeness (QED) is 0.671. The zero-order valence-corrected chi connectivity index (χ0v) is 17.3. The van der Waals surface area contributed by atoms with Gasteiger partial charge in [-0.2, -0.15) is 5.10 Å². The lowest BCUT2D eigenvalue weighted by molar-refractivity contribution is -0.123. The van der Waals surface area contributed by atoms with Crippen LogP contribution in [0.25, 0.3) is 0 Å². The number of esters is 1. The number of carbonyl (C=O) groups is 2. The maximum atomic E-state index is 12.3. The van der Waals surface area contributed by atoms with Crippen LogP contribution < -0.4 is 10.0 Å². The van der Waals surface area contributed by atoms with Crippen LogP contribution in [0.2, 0.25) is 0 Å². The van der Waals surface area contributed by atoms with E-state index in [1.54, 1.807) is 25.6 Å². The Labute approximate surface area is 164 Å². The van der Waals surface area contributed by atoms with Gasteiger partial charge in [-0.1, -0.05) is 6.92 Å². The fourth-order valence-electron chi connectivity index (χ4n) is 2.50. The van der Waals surface area contributed by atoms with E-state index >= 15 is 0 Å². The van der Waals surface area contributed by atoms with Crippen molar-refractivity contribution in [2.45, 2.75) is 38.7 Å². The normalized spacial score (nSPS) is 12.5. The molecule has 1 heterocycles. The minimum atomic E-state index is -3.60. The van der Waals surface area contributed by atoms with Crippen molar-refractivity contribution in [3.8, 4) is 0 Å². The smallest absolute Gasteiger partial charge is 0.338 e. The van der Waals surface area contributed by atoms with Crippen molar-refractivity contribution >= 4 is 27.6 Å². The Bertz CT molecular complexity index is 980. The summed E-state index contributed by atoms with van der Waals surface area (Å²) in [7, 11) is -1.84. The largest absolute Gasteiger partial charge is 0.449 e. The molecule has 0 fully saturated rings. The van der Waals surface area contributed by atoms with Crippen LogP contribution in [0.4, 0.5) is 5.69 Å². The summed E-state index contributed by atoms with van der Waals surface area (Å²) in [6.45, 7) is 6.97. The van der Waals surface area contributed by atoms with Crippen LogP contribution >= 0.6 is 0 Å². The number of rotatable bonds is 7. The lowest BCUT2D eigenvalue weighted by Gasteiger charge is -2.14. The fourth-order valence-corrected chi connectivity index (χ4v) is 3.55. The molecule has 0 spiro atoms. The van der Waals surface area contributed by atoms with Gasteiger partial charge in [0, 0.05) is 13.6 Å². The van der Waals surface area contributed by atoms with Gasteiger partial charge in [-0.25, -0.2) is 17.9 Å².